The molecule has 1 heterocycles. The van der Waals surface area contributed by atoms with Gasteiger partial charge < -0.3 is 15.4 Å². The van der Waals surface area contributed by atoms with E-state index in [2.05, 4.69) is 22.8 Å². The summed E-state index contributed by atoms with van der Waals surface area (Å²) in [6, 6.07) is 8.59. The van der Waals surface area contributed by atoms with E-state index in [9.17, 15) is 18.4 Å². The minimum absolute atomic E-state index is 0.132. The minimum atomic E-state index is -2.61. The van der Waals surface area contributed by atoms with Crippen LogP contribution in [0.4, 0.5) is 8.78 Å². The van der Waals surface area contributed by atoms with Crippen molar-refractivity contribution < 1.29 is 23.1 Å². The van der Waals surface area contributed by atoms with Gasteiger partial charge in [0.25, 0.3) is 11.8 Å². The van der Waals surface area contributed by atoms with Gasteiger partial charge in [-0.2, -0.15) is 0 Å². The molecule has 3 aliphatic carbocycles. The number of amides is 2. The Bertz CT molecular complexity index is 773. The van der Waals surface area contributed by atoms with Gasteiger partial charge in [0.15, 0.2) is 12.4 Å². The largest absolute Gasteiger partial charge is 0.476 e. The van der Waals surface area contributed by atoms with Crippen molar-refractivity contribution in [2.24, 2.45) is 0 Å². The summed E-state index contributed by atoms with van der Waals surface area (Å²) < 4.78 is 31.7. The monoisotopic (exact) mass is 425 g/mol. The molecule has 1 aliphatic heterocycles. The van der Waals surface area contributed by atoms with Crippen molar-refractivity contribution in [2.75, 3.05) is 26.2 Å². The van der Waals surface area contributed by atoms with Gasteiger partial charge >= 0.3 is 0 Å². The van der Waals surface area contributed by atoms with Crippen LogP contribution in [0.3, 0.4) is 0 Å². The zero-order chi connectivity index (χ0) is 20.7. The van der Waals surface area contributed by atoms with E-state index < -0.39 is 5.92 Å². The molecule has 0 spiro atoms. The normalized spacial score (nSPS) is 29.6. The van der Waals surface area contributed by atoms with E-state index >= 15 is 0 Å². The smallest absolute Gasteiger partial charge is 0.258 e. The lowest BCUT2D eigenvalue weighted by molar-refractivity contribution is -0.151. The summed E-state index contributed by atoms with van der Waals surface area (Å²) in [6.45, 7) is 0.471. The van der Waals surface area contributed by atoms with Gasteiger partial charge in [0.2, 0.25) is 5.91 Å². The predicted octanol–water partition coefficient (Wildman–Crippen LogP) is 1.96. The lowest BCUT2D eigenvalue weighted by Crippen LogP contribution is -2.84. The molecule has 2 bridgehead atoms. The first-order valence-electron chi connectivity index (χ1n) is 9.61. The van der Waals surface area contributed by atoms with Crippen LogP contribution in [-0.2, 0) is 9.59 Å². The fourth-order valence-corrected chi connectivity index (χ4v) is 4.65. The van der Waals surface area contributed by atoms with Crippen LogP contribution in [0.2, 0.25) is 5.02 Å². The topological polar surface area (TPSA) is 70.7 Å². The average molecular weight is 426 g/mol. The number of alkyl halides is 2. The predicted molar refractivity (Wildman–Crippen MR) is 101 cm³/mol. The number of likely N-dealkylation sites (tertiary alicyclic amines) is 1. The maximum atomic E-state index is 13.2. The molecular formula is C20H22ClF2N3O3. The second-order valence-corrected chi connectivity index (χ2v) is 8.81. The van der Waals surface area contributed by atoms with Crippen LogP contribution in [0.5, 0.6) is 5.75 Å². The highest BCUT2D eigenvalue weighted by Gasteiger charge is 2.69. The van der Waals surface area contributed by atoms with Gasteiger partial charge in [-0.1, -0.05) is 11.6 Å². The van der Waals surface area contributed by atoms with Gasteiger partial charge in [0.05, 0.1) is 11.6 Å². The summed E-state index contributed by atoms with van der Waals surface area (Å²) >= 11 is 5.72. The number of hydrogen-bond acceptors (Lipinski definition) is 4. The molecule has 2 N–H and O–H groups in total. The van der Waals surface area contributed by atoms with Gasteiger partial charge in [0.1, 0.15) is 0 Å². The van der Waals surface area contributed by atoms with Crippen LogP contribution in [0.1, 0.15) is 32.1 Å². The molecule has 1 aromatic rings. The molecule has 6 nitrogen and oxygen atoms in total. The van der Waals surface area contributed by atoms with E-state index in [0.29, 0.717) is 30.0 Å². The molecule has 2 amide bonds. The van der Waals surface area contributed by atoms with E-state index in [0.717, 1.165) is 0 Å². The van der Waals surface area contributed by atoms with Gasteiger partial charge in [-0.15, -0.1) is 0 Å². The first-order chi connectivity index (χ1) is 13.7. The molecule has 1 aromatic carbocycles. The third-order valence-electron chi connectivity index (χ3n) is 5.84. The fraction of sp³-hybridized carbons (Fsp3) is 0.600. The Labute approximate surface area is 172 Å². The molecule has 156 valence electrons. The molecule has 0 atom stereocenters. The van der Waals surface area contributed by atoms with E-state index in [1.165, 1.54) is 0 Å². The minimum Gasteiger partial charge on any atom is -0.476 e. The Morgan fingerprint density at radius 3 is 2.28 bits per heavy atom. The van der Waals surface area contributed by atoms with Crippen molar-refractivity contribution in [3.05, 3.63) is 29.3 Å². The number of halogens is 3. The number of rotatable bonds is 7. The van der Waals surface area contributed by atoms with Gasteiger partial charge in [-0.3, -0.25) is 14.5 Å². The molecule has 4 fully saturated rings. The molecule has 4 aliphatic rings. The quantitative estimate of drug-likeness (QED) is 0.700. The fourth-order valence-electron chi connectivity index (χ4n) is 4.54. The van der Waals surface area contributed by atoms with E-state index in [1.54, 1.807) is 17.0 Å². The highest BCUT2D eigenvalue weighted by atomic mass is 35.5. The summed E-state index contributed by atoms with van der Waals surface area (Å²) in [5.41, 5.74) is -0.555. The molecule has 5 rings (SSSR count). The molecular weight excluding hydrogens is 404 g/mol. The second-order valence-electron chi connectivity index (χ2n) is 8.40. The van der Waals surface area contributed by atoms with E-state index in [1.807, 2.05) is 0 Å². The maximum Gasteiger partial charge on any atom is 0.258 e. The van der Waals surface area contributed by atoms with E-state index in [-0.39, 0.29) is 62.0 Å². The highest BCUT2D eigenvalue weighted by Crippen LogP contribution is 2.60. The Morgan fingerprint density at radius 2 is 1.69 bits per heavy atom. The van der Waals surface area contributed by atoms with Crippen LogP contribution in [0, 0.1) is 12.1 Å². The Kier molecular flexibility index (Phi) is 5.07. The summed E-state index contributed by atoms with van der Waals surface area (Å²) in [6.07, 6.45) is 1.63. The van der Waals surface area contributed by atoms with Crippen molar-refractivity contribution in [3.8, 4) is 5.75 Å². The first-order valence-corrected chi connectivity index (χ1v) is 9.99. The third kappa shape index (κ3) is 4.57. The van der Waals surface area contributed by atoms with E-state index in [4.69, 9.17) is 16.3 Å². The summed E-state index contributed by atoms with van der Waals surface area (Å²) in [7, 11) is 0. The maximum absolute atomic E-state index is 13.2. The number of carbonyl (C=O) groups is 2. The van der Waals surface area contributed by atoms with Crippen LogP contribution in [0.25, 0.3) is 0 Å². The third-order valence-corrected chi connectivity index (χ3v) is 6.06. The number of hydrogen-bond donors (Lipinski definition) is 2. The highest BCUT2D eigenvalue weighted by molar-refractivity contribution is 6.30. The molecule has 0 radical (unpaired) electrons. The van der Waals surface area contributed by atoms with Crippen LogP contribution >= 0.6 is 11.6 Å². The molecule has 3 saturated carbocycles. The molecule has 0 aromatic heterocycles. The van der Waals surface area contributed by atoms with Crippen LogP contribution in [-0.4, -0.2) is 60.0 Å². The van der Waals surface area contributed by atoms with Crippen molar-refractivity contribution in [1.29, 1.82) is 0 Å². The van der Waals surface area contributed by atoms with Crippen molar-refractivity contribution >= 4 is 23.4 Å². The van der Waals surface area contributed by atoms with Crippen LogP contribution in [0.15, 0.2) is 12.1 Å². The molecule has 0 unspecified atom stereocenters. The van der Waals surface area contributed by atoms with Crippen molar-refractivity contribution in [3.63, 3.8) is 0 Å². The first kappa shape index (κ1) is 20.2. The Balaban J connectivity index is 1.15. The van der Waals surface area contributed by atoms with Crippen molar-refractivity contribution in [2.45, 2.75) is 49.1 Å². The van der Waals surface area contributed by atoms with Gasteiger partial charge in [0, 0.05) is 37.0 Å². The van der Waals surface area contributed by atoms with Gasteiger partial charge in [-0.25, -0.2) is 8.78 Å². The molecule has 1 saturated heterocycles. The Morgan fingerprint density at radius 1 is 1.07 bits per heavy atom. The number of carbonyl (C=O) groups excluding carboxylic acids is 2. The average Bonchev–Trinajstić information content (AvgIpc) is 2.60. The second kappa shape index (κ2) is 7.29. The number of nitrogens with one attached hydrogen (secondary N) is 2. The number of piperidine rings is 1. The van der Waals surface area contributed by atoms with Crippen LogP contribution < -0.4 is 15.4 Å². The number of nitrogens with zero attached hydrogens (tertiary/aromatic N) is 1. The SMILES string of the molecule is O=C(COc1c#cc(Cl)cc1)NC12CC(NC(=O)CN3CCC(F)(F)CC3)(C1)C2. The molecule has 29 heavy (non-hydrogen) atoms. The lowest BCUT2D eigenvalue weighted by atomic mass is 9.44. The standard InChI is InChI=1S/C20H22ClF2N3O3/c21-14-1-3-15(4-2-14)29-10-17(28)25-19-11-18(12-19,13-19)24-16(27)9-26-7-5-20(22,23)6-8-26/h1,3H,5-13H2,(H,24,27)(H,25,28). The zero-order valence-electron chi connectivity index (χ0n) is 15.8. The zero-order valence-corrected chi connectivity index (χ0v) is 16.6. The molecule has 9 heteroatoms. The Hall–Kier alpha value is -2.11. The van der Waals surface area contributed by atoms with Crippen molar-refractivity contribution in [1.82, 2.24) is 15.5 Å². The summed E-state index contributed by atoms with van der Waals surface area (Å²) in [5, 5.41) is 6.40. The number of ether oxygens (including phenoxy) is 1. The summed E-state index contributed by atoms with van der Waals surface area (Å²) in [5.74, 6) is -2.60. The lowest BCUT2D eigenvalue weighted by Gasteiger charge is -2.70. The van der Waals surface area contributed by atoms with Gasteiger partial charge in [-0.05, 0) is 43.5 Å². The summed E-state index contributed by atoms with van der Waals surface area (Å²) in [4.78, 5) is 26.1.